The maximum atomic E-state index is 13.0. The van der Waals surface area contributed by atoms with E-state index in [1.165, 1.54) is 11.8 Å². The number of allylic oxidation sites excluding steroid dienone is 1. The van der Waals surface area contributed by atoms with E-state index in [4.69, 9.17) is 0 Å². The highest BCUT2D eigenvalue weighted by atomic mass is 32.2. The summed E-state index contributed by atoms with van der Waals surface area (Å²) in [6.07, 6.45) is 0. The van der Waals surface area contributed by atoms with Crippen molar-refractivity contribution in [3.63, 3.8) is 0 Å². The van der Waals surface area contributed by atoms with Gasteiger partial charge in [-0.3, -0.25) is 14.6 Å². The number of thioether (sulfide) groups is 1. The molecule has 1 aromatic carbocycles. The summed E-state index contributed by atoms with van der Waals surface area (Å²) in [4.78, 5) is 33.6. The Labute approximate surface area is 150 Å². The second kappa shape index (κ2) is 6.22. The third kappa shape index (κ3) is 2.72. The molecule has 7 heteroatoms. The van der Waals surface area contributed by atoms with Crippen molar-refractivity contribution in [1.29, 1.82) is 0 Å². The molecule has 1 N–H and O–H groups in total. The van der Waals surface area contributed by atoms with Crippen molar-refractivity contribution in [3.8, 4) is 0 Å². The lowest BCUT2D eigenvalue weighted by atomic mass is 9.89. The Kier molecular flexibility index (Phi) is 4.03. The number of amides is 1. The van der Waals surface area contributed by atoms with Gasteiger partial charge in [0.1, 0.15) is 0 Å². The van der Waals surface area contributed by atoms with Crippen LogP contribution in [0.1, 0.15) is 18.4 Å². The molecule has 2 atom stereocenters. The van der Waals surface area contributed by atoms with Gasteiger partial charge in [0.15, 0.2) is 5.17 Å². The monoisotopic (exact) mass is 357 g/mol. The van der Waals surface area contributed by atoms with Crippen LogP contribution in [0.4, 0.5) is 0 Å². The Hall–Kier alpha value is -2.28. The van der Waals surface area contributed by atoms with Crippen molar-refractivity contribution in [1.82, 2.24) is 9.80 Å². The zero-order valence-electron chi connectivity index (χ0n) is 13.9. The average molecular weight is 357 g/mol. The first kappa shape index (κ1) is 16.2. The zero-order valence-corrected chi connectivity index (χ0v) is 14.7. The molecule has 3 aliphatic heterocycles. The topological polar surface area (TPSA) is 73.2 Å². The normalized spacial score (nSPS) is 25.4. The fourth-order valence-electron chi connectivity index (χ4n) is 3.71. The molecule has 0 aliphatic carbocycles. The lowest BCUT2D eigenvalue weighted by molar-refractivity contribution is -0.141. The highest BCUT2D eigenvalue weighted by molar-refractivity contribution is 8.18. The van der Waals surface area contributed by atoms with E-state index in [1.54, 1.807) is 4.90 Å². The highest BCUT2D eigenvalue weighted by Gasteiger charge is 2.43. The van der Waals surface area contributed by atoms with Crippen LogP contribution in [-0.4, -0.2) is 58.1 Å². The Morgan fingerprint density at radius 1 is 1.24 bits per heavy atom. The third-order valence-electron chi connectivity index (χ3n) is 5.07. The predicted molar refractivity (Wildman–Crippen MR) is 96.2 cm³/mol. The largest absolute Gasteiger partial charge is 0.481 e. The molecule has 1 aromatic rings. The van der Waals surface area contributed by atoms with Crippen LogP contribution in [0.5, 0.6) is 0 Å². The number of carbonyl (C=O) groups is 2. The van der Waals surface area contributed by atoms with E-state index < -0.39 is 11.9 Å². The van der Waals surface area contributed by atoms with Gasteiger partial charge < -0.3 is 14.9 Å². The van der Waals surface area contributed by atoms with Gasteiger partial charge in [0, 0.05) is 31.2 Å². The molecule has 0 bridgehead atoms. The van der Waals surface area contributed by atoms with Crippen molar-refractivity contribution >= 4 is 28.8 Å². The number of hydrogen-bond donors (Lipinski definition) is 1. The van der Waals surface area contributed by atoms with Gasteiger partial charge in [-0.2, -0.15) is 0 Å². The van der Waals surface area contributed by atoms with E-state index in [0.29, 0.717) is 11.4 Å². The molecule has 3 heterocycles. The van der Waals surface area contributed by atoms with Crippen LogP contribution >= 0.6 is 11.8 Å². The molecule has 0 saturated carbocycles. The van der Waals surface area contributed by atoms with Gasteiger partial charge in [-0.25, -0.2) is 0 Å². The molecule has 0 spiro atoms. The van der Waals surface area contributed by atoms with Gasteiger partial charge in [-0.1, -0.05) is 30.3 Å². The molecular formula is C18H19N3O3S. The highest BCUT2D eigenvalue weighted by Crippen LogP contribution is 2.40. The quantitative estimate of drug-likeness (QED) is 0.895. The second-order valence-corrected chi connectivity index (χ2v) is 7.48. The van der Waals surface area contributed by atoms with E-state index in [9.17, 15) is 14.7 Å². The number of carbonyl (C=O) groups excluding carboxylic acids is 1. The SMILES string of the molecule is CC1=C(C(=O)N2C[C@H](C(=O)O)[C@@H](c3ccccc3)C2)SC2=NCCN21. The number of aliphatic carboxylic acids is 1. The van der Waals surface area contributed by atoms with Gasteiger partial charge in [0.2, 0.25) is 0 Å². The van der Waals surface area contributed by atoms with Crippen LogP contribution in [0.15, 0.2) is 45.9 Å². The van der Waals surface area contributed by atoms with Gasteiger partial charge in [-0.05, 0) is 24.2 Å². The summed E-state index contributed by atoms with van der Waals surface area (Å²) in [6.45, 7) is 4.20. The summed E-state index contributed by atoms with van der Waals surface area (Å²) >= 11 is 1.41. The molecule has 4 rings (SSSR count). The number of benzene rings is 1. The van der Waals surface area contributed by atoms with Crippen molar-refractivity contribution < 1.29 is 14.7 Å². The maximum absolute atomic E-state index is 13.0. The number of aliphatic imine (C=N–C) groups is 1. The van der Waals surface area contributed by atoms with Crippen molar-refractivity contribution in [3.05, 3.63) is 46.5 Å². The zero-order chi connectivity index (χ0) is 17.6. The molecule has 1 saturated heterocycles. The summed E-state index contributed by atoms with van der Waals surface area (Å²) in [5.74, 6) is -1.67. The lowest BCUT2D eigenvalue weighted by Crippen LogP contribution is -2.30. The average Bonchev–Trinajstić information content (AvgIpc) is 3.31. The Morgan fingerprint density at radius 2 is 2.00 bits per heavy atom. The van der Waals surface area contributed by atoms with Gasteiger partial charge in [0.25, 0.3) is 5.91 Å². The molecule has 25 heavy (non-hydrogen) atoms. The summed E-state index contributed by atoms with van der Waals surface area (Å²) in [5, 5.41) is 10.5. The summed E-state index contributed by atoms with van der Waals surface area (Å²) in [5.41, 5.74) is 1.90. The Bertz CT molecular complexity index is 790. The third-order valence-corrected chi connectivity index (χ3v) is 6.28. The predicted octanol–water partition coefficient (Wildman–Crippen LogP) is 1.96. The van der Waals surface area contributed by atoms with Crippen LogP contribution in [0.25, 0.3) is 0 Å². The van der Waals surface area contributed by atoms with Crippen LogP contribution < -0.4 is 0 Å². The summed E-state index contributed by atoms with van der Waals surface area (Å²) in [7, 11) is 0. The number of likely N-dealkylation sites (tertiary alicyclic amines) is 1. The molecule has 0 aromatic heterocycles. The fraction of sp³-hybridized carbons (Fsp3) is 0.389. The number of nitrogens with zero attached hydrogens (tertiary/aromatic N) is 3. The van der Waals surface area contributed by atoms with Crippen molar-refractivity contribution in [2.45, 2.75) is 12.8 Å². The summed E-state index contributed by atoms with van der Waals surface area (Å²) < 4.78 is 0. The molecule has 1 amide bonds. The van der Waals surface area contributed by atoms with E-state index in [0.717, 1.165) is 29.5 Å². The maximum Gasteiger partial charge on any atom is 0.308 e. The van der Waals surface area contributed by atoms with Gasteiger partial charge >= 0.3 is 5.97 Å². The minimum Gasteiger partial charge on any atom is -0.481 e. The molecule has 1 fully saturated rings. The number of amidine groups is 1. The van der Waals surface area contributed by atoms with E-state index in [1.807, 2.05) is 37.3 Å². The fourth-order valence-corrected chi connectivity index (χ4v) is 4.86. The minimum atomic E-state index is -0.848. The molecule has 3 aliphatic rings. The first-order chi connectivity index (χ1) is 12.1. The number of rotatable bonds is 3. The first-order valence-corrected chi connectivity index (χ1v) is 9.15. The van der Waals surface area contributed by atoms with Crippen LogP contribution in [0.2, 0.25) is 0 Å². The van der Waals surface area contributed by atoms with Crippen molar-refractivity contribution in [2.75, 3.05) is 26.2 Å². The van der Waals surface area contributed by atoms with Crippen molar-refractivity contribution in [2.24, 2.45) is 10.9 Å². The minimum absolute atomic E-state index is 0.0794. The van der Waals surface area contributed by atoms with E-state index in [2.05, 4.69) is 9.89 Å². The second-order valence-electron chi connectivity index (χ2n) is 6.50. The van der Waals surface area contributed by atoms with Gasteiger partial charge in [0.05, 0.1) is 17.4 Å². The number of carboxylic acids is 1. The smallest absolute Gasteiger partial charge is 0.308 e. The Morgan fingerprint density at radius 3 is 2.68 bits per heavy atom. The molecule has 0 unspecified atom stereocenters. The first-order valence-electron chi connectivity index (χ1n) is 8.34. The van der Waals surface area contributed by atoms with E-state index >= 15 is 0 Å². The summed E-state index contributed by atoms with van der Waals surface area (Å²) in [6, 6.07) is 9.60. The standard InChI is InChI=1S/C18H19N3O3S/c1-11-15(25-18-19-7-8-21(11)18)16(22)20-9-13(14(10-20)17(23)24)12-5-3-2-4-6-12/h2-6,13-14H,7-10H2,1H3,(H,23,24)/t13-,14+/m1/s1. The lowest BCUT2D eigenvalue weighted by Gasteiger charge is -2.17. The number of hydrogen-bond acceptors (Lipinski definition) is 5. The molecular weight excluding hydrogens is 338 g/mol. The number of carboxylic acid groups (broad SMARTS) is 1. The molecule has 0 radical (unpaired) electrons. The molecule has 130 valence electrons. The molecule has 6 nitrogen and oxygen atoms in total. The van der Waals surface area contributed by atoms with Crippen LogP contribution in [0, 0.1) is 5.92 Å². The number of fused-ring (bicyclic) bond motifs is 1. The van der Waals surface area contributed by atoms with E-state index in [-0.39, 0.29) is 18.4 Å². The van der Waals surface area contributed by atoms with Crippen LogP contribution in [0.3, 0.4) is 0 Å². The van der Waals surface area contributed by atoms with Gasteiger partial charge in [-0.15, -0.1) is 0 Å². The van der Waals surface area contributed by atoms with Crippen LogP contribution in [-0.2, 0) is 9.59 Å². The Balaban J connectivity index is 1.58.